The zero-order valence-electron chi connectivity index (χ0n) is 17.8. The molecule has 0 aliphatic carbocycles. The number of piperidine rings is 1. The van der Waals surface area contributed by atoms with Crippen LogP contribution in [0.3, 0.4) is 0 Å². The van der Waals surface area contributed by atoms with Crippen molar-refractivity contribution in [2.24, 2.45) is 0 Å². The Morgan fingerprint density at radius 3 is 2.50 bits per heavy atom. The topological polar surface area (TPSA) is 73.9 Å². The lowest BCUT2D eigenvalue weighted by atomic mass is 10.0. The molecule has 0 radical (unpaired) electrons. The number of ether oxygens (including phenoxy) is 1. The van der Waals surface area contributed by atoms with E-state index in [4.69, 9.17) is 4.74 Å². The van der Waals surface area contributed by atoms with Gasteiger partial charge in [0.05, 0.1) is 24.5 Å². The second kappa shape index (κ2) is 9.42. The minimum Gasteiger partial charge on any atom is -0.442 e. The highest BCUT2D eigenvalue weighted by atomic mass is 19.1. The third-order valence-electron chi connectivity index (χ3n) is 5.75. The van der Waals surface area contributed by atoms with Gasteiger partial charge in [0.15, 0.2) is 0 Å². The van der Waals surface area contributed by atoms with E-state index in [1.165, 1.54) is 30.0 Å². The van der Waals surface area contributed by atoms with Gasteiger partial charge in [0.1, 0.15) is 17.7 Å². The van der Waals surface area contributed by atoms with Crippen LogP contribution in [-0.4, -0.2) is 50.3 Å². The highest BCUT2D eigenvalue weighted by molar-refractivity contribution is 5.90. The molecule has 0 bridgehead atoms. The molecule has 0 saturated carbocycles. The number of nitrogens with one attached hydrogen (secondary N) is 2. The Hall–Kier alpha value is -3.36. The fourth-order valence-electron chi connectivity index (χ4n) is 4.06. The zero-order valence-corrected chi connectivity index (χ0v) is 17.8. The van der Waals surface area contributed by atoms with Crippen molar-refractivity contribution in [1.82, 2.24) is 5.32 Å². The van der Waals surface area contributed by atoms with Gasteiger partial charge in [-0.15, -0.1) is 0 Å². The van der Waals surface area contributed by atoms with Crippen molar-refractivity contribution in [2.75, 3.05) is 41.3 Å². The van der Waals surface area contributed by atoms with Crippen LogP contribution in [0.1, 0.15) is 19.8 Å². The maximum absolute atomic E-state index is 14.9. The zero-order chi connectivity index (χ0) is 22.7. The number of nitrogens with zero attached hydrogens (tertiary/aromatic N) is 2. The van der Waals surface area contributed by atoms with E-state index in [0.717, 1.165) is 18.5 Å². The molecule has 2 heterocycles. The van der Waals surface area contributed by atoms with Gasteiger partial charge in [0.2, 0.25) is 5.91 Å². The van der Waals surface area contributed by atoms with E-state index in [0.29, 0.717) is 24.5 Å². The molecule has 1 atom stereocenters. The van der Waals surface area contributed by atoms with Crippen molar-refractivity contribution in [2.45, 2.75) is 31.9 Å². The number of hydrogen-bond donors (Lipinski definition) is 2. The molecule has 0 unspecified atom stereocenters. The van der Waals surface area contributed by atoms with Gasteiger partial charge in [-0.05, 0) is 55.3 Å². The van der Waals surface area contributed by atoms with E-state index >= 15 is 0 Å². The smallest absolute Gasteiger partial charge is 0.414 e. The van der Waals surface area contributed by atoms with Crippen LogP contribution in [0.4, 0.5) is 30.6 Å². The summed E-state index contributed by atoms with van der Waals surface area (Å²) in [5.41, 5.74) is 1.79. The third-order valence-corrected chi connectivity index (χ3v) is 5.75. The minimum atomic E-state index is -0.555. The van der Waals surface area contributed by atoms with E-state index in [9.17, 15) is 18.4 Å². The van der Waals surface area contributed by atoms with Crippen LogP contribution in [0.15, 0.2) is 42.5 Å². The molecule has 2 aromatic carbocycles. The molecule has 2 aromatic rings. The summed E-state index contributed by atoms with van der Waals surface area (Å²) < 4.78 is 33.2. The van der Waals surface area contributed by atoms with Crippen molar-refractivity contribution in [1.29, 1.82) is 0 Å². The summed E-state index contributed by atoms with van der Waals surface area (Å²) in [5, 5.41) is 6.02. The van der Waals surface area contributed by atoms with E-state index < -0.39 is 18.0 Å². The highest BCUT2D eigenvalue weighted by Crippen LogP contribution is 2.30. The van der Waals surface area contributed by atoms with Gasteiger partial charge in [-0.25, -0.2) is 13.6 Å². The second-order valence-corrected chi connectivity index (χ2v) is 8.10. The Morgan fingerprint density at radius 2 is 1.84 bits per heavy atom. The molecule has 9 heteroatoms. The van der Waals surface area contributed by atoms with Crippen molar-refractivity contribution < 1.29 is 23.1 Å². The van der Waals surface area contributed by atoms with Crippen LogP contribution < -0.4 is 20.4 Å². The van der Waals surface area contributed by atoms with Gasteiger partial charge < -0.3 is 20.3 Å². The molecule has 2 aliphatic heterocycles. The van der Waals surface area contributed by atoms with Gasteiger partial charge in [0.25, 0.3) is 0 Å². The number of halogens is 2. The van der Waals surface area contributed by atoms with E-state index in [1.54, 1.807) is 24.3 Å². The van der Waals surface area contributed by atoms with Gasteiger partial charge in [-0.2, -0.15) is 0 Å². The van der Waals surface area contributed by atoms with E-state index in [2.05, 4.69) is 10.6 Å². The van der Waals surface area contributed by atoms with Gasteiger partial charge >= 0.3 is 6.09 Å². The lowest BCUT2D eigenvalue weighted by Crippen LogP contribution is -2.39. The van der Waals surface area contributed by atoms with Crippen LogP contribution >= 0.6 is 0 Å². The van der Waals surface area contributed by atoms with Crippen LogP contribution in [0.25, 0.3) is 0 Å². The number of benzene rings is 2. The summed E-state index contributed by atoms with van der Waals surface area (Å²) in [6, 6.07) is 11.3. The number of hydrogen-bond acceptors (Lipinski definition) is 5. The Kier molecular flexibility index (Phi) is 6.43. The second-order valence-electron chi connectivity index (χ2n) is 8.10. The Labute approximate surface area is 185 Å². The summed E-state index contributed by atoms with van der Waals surface area (Å²) in [7, 11) is 0. The van der Waals surface area contributed by atoms with Crippen molar-refractivity contribution in [3.63, 3.8) is 0 Å². The maximum atomic E-state index is 14.9. The first kappa shape index (κ1) is 21.9. The molecule has 2 aliphatic rings. The van der Waals surface area contributed by atoms with E-state index in [-0.39, 0.29) is 30.9 Å². The first-order chi connectivity index (χ1) is 15.4. The fourth-order valence-corrected chi connectivity index (χ4v) is 4.06. The molecule has 2 saturated heterocycles. The lowest BCUT2D eigenvalue weighted by molar-refractivity contribution is -0.119. The van der Waals surface area contributed by atoms with Crippen molar-refractivity contribution >= 4 is 29.1 Å². The summed E-state index contributed by atoms with van der Waals surface area (Å²) >= 11 is 0. The minimum absolute atomic E-state index is 0.202. The Balaban J connectivity index is 1.34. The number of carbonyl (C=O) groups is 2. The highest BCUT2D eigenvalue weighted by Gasteiger charge is 2.33. The van der Waals surface area contributed by atoms with E-state index in [1.807, 2.05) is 4.90 Å². The quantitative estimate of drug-likeness (QED) is 0.714. The average molecular weight is 444 g/mol. The molecule has 2 fully saturated rings. The largest absolute Gasteiger partial charge is 0.442 e. The fraction of sp³-hybridized carbons (Fsp3) is 0.391. The number of carbonyl (C=O) groups excluding carboxylic acids is 2. The normalized spacial score (nSPS) is 19.1. The van der Waals surface area contributed by atoms with Crippen molar-refractivity contribution in [3.05, 3.63) is 54.1 Å². The first-order valence-electron chi connectivity index (χ1n) is 10.7. The molecular weight excluding hydrogens is 418 g/mol. The number of anilines is 3. The number of amides is 2. The lowest BCUT2D eigenvalue weighted by Gasteiger charge is -2.34. The Bertz CT molecular complexity index is 978. The number of cyclic esters (lactones) is 1. The van der Waals surface area contributed by atoms with Crippen LogP contribution in [-0.2, 0) is 9.53 Å². The molecule has 170 valence electrons. The third kappa shape index (κ3) is 5.09. The van der Waals surface area contributed by atoms with Crippen LogP contribution in [0, 0.1) is 11.6 Å². The SMILES string of the molecule is CC(=O)NC[C@H]1CN(c2ccc(N3CCC(Nc4ccc(F)cc4)CC3)c(F)c2)C(=O)O1. The summed E-state index contributed by atoms with van der Waals surface area (Å²) in [5.74, 6) is -0.869. The molecule has 0 aromatic heterocycles. The summed E-state index contributed by atoms with van der Waals surface area (Å²) in [6.07, 6.45) is 0.617. The summed E-state index contributed by atoms with van der Waals surface area (Å²) in [6.45, 7) is 3.22. The standard InChI is InChI=1S/C23H26F2N4O3/c1-15(30)26-13-20-14-29(23(31)32-20)19-6-7-22(21(25)12-19)28-10-8-18(9-11-28)27-17-4-2-16(24)3-5-17/h2-7,12,18,20,27H,8-11,13-14H2,1H3,(H,26,30)/t20-/m0/s1. The molecular formula is C23H26F2N4O3. The summed E-state index contributed by atoms with van der Waals surface area (Å²) in [4.78, 5) is 26.6. The predicted octanol–water partition coefficient (Wildman–Crippen LogP) is 3.51. The molecule has 32 heavy (non-hydrogen) atoms. The molecule has 4 rings (SSSR count). The molecule has 2 N–H and O–H groups in total. The number of rotatable bonds is 6. The van der Waals surface area contributed by atoms with Gasteiger partial charge in [0, 0.05) is 31.7 Å². The van der Waals surface area contributed by atoms with Gasteiger partial charge in [-0.3, -0.25) is 9.69 Å². The van der Waals surface area contributed by atoms with Crippen LogP contribution in [0.5, 0.6) is 0 Å². The van der Waals surface area contributed by atoms with Crippen molar-refractivity contribution in [3.8, 4) is 0 Å². The predicted molar refractivity (Wildman–Crippen MR) is 118 cm³/mol. The van der Waals surface area contributed by atoms with Crippen LogP contribution in [0.2, 0.25) is 0 Å². The average Bonchev–Trinajstić information content (AvgIpc) is 3.15. The molecule has 0 spiro atoms. The Morgan fingerprint density at radius 1 is 1.12 bits per heavy atom. The van der Waals surface area contributed by atoms with Gasteiger partial charge in [-0.1, -0.05) is 0 Å². The first-order valence-corrected chi connectivity index (χ1v) is 10.7. The monoisotopic (exact) mass is 444 g/mol. The molecule has 2 amide bonds. The molecule has 7 nitrogen and oxygen atoms in total. The maximum Gasteiger partial charge on any atom is 0.414 e.